The molecule has 0 fully saturated rings. The van der Waals surface area contributed by atoms with Gasteiger partial charge < -0.3 is 9.73 Å². The van der Waals surface area contributed by atoms with Crippen molar-refractivity contribution in [3.8, 4) is 0 Å². The molecule has 1 amide bonds. The molecule has 98 valence electrons. The Morgan fingerprint density at radius 3 is 2.79 bits per heavy atom. The molecule has 6 heteroatoms. The fourth-order valence-electron chi connectivity index (χ4n) is 1.41. The van der Waals surface area contributed by atoms with E-state index in [4.69, 9.17) is 28.2 Å². The number of aryl methyl sites for hydroxylation is 1. The summed E-state index contributed by atoms with van der Waals surface area (Å²) in [6, 6.07) is 8.61. The topological polar surface area (TPSA) is 54.3 Å². The van der Waals surface area contributed by atoms with Crippen LogP contribution in [-0.2, 0) is 0 Å². The number of halogens is 1. The summed E-state index contributed by atoms with van der Waals surface area (Å²) in [6.45, 7) is 1.91. The molecule has 0 aliphatic heterocycles. The largest absolute Gasteiger partial charge is 0.459 e. The van der Waals surface area contributed by atoms with Crippen LogP contribution in [0.5, 0.6) is 0 Å². The van der Waals surface area contributed by atoms with Crippen molar-refractivity contribution < 1.29 is 9.21 Å². The number of thiocarbonyl (C=S) groups is 1. The average Bonchev–Trinajstić information content (AvgIpc) is 2.87. The van der Waals surface area contributed by atoms with Crippen LogP contribution in [0.1, 0.15) is 16.1 Å². The molecule has 1 heterocycles. The van der Waals surface area contributed by atoms with Crippen molar-refractivity contribution in [3.63, 3.8) is 0 Å². The minimum absolute atomic E-state index is 0.182. The van der Waals surface area contributed by atoms with Gasteiger partial charge in [0.05, 0.1) is 6.26 Å². The number of hydrogen-bond donors (Lipinski definition) is 2. The lowest BCUT2D eigenvalue weighted by Gasteiger charge is -2.09. The lowest BCUT2D eigenvalue weighted by atomic mass is 10.2. The Morgan fingerprint density at radius 1 is 1.37 bits per heavy atom. The molecule has 2 N–H and O–H groups in total. The highest BCUT2D eigenvalue weighted by Crippen LogP contribution is 2.19. The minimum Gasteiger partial charge on any atom is -0.459 e. The Balaban J connectivity index is 1.98. The van der Waals surface area contributed by atoms with Gasteiger partial charge in [0.25, 0.3) is 5.91 Å². The number of carbonyl (C=O) groups is 1. The lowest BCUT2D eigenvalue weighted by molar-refractivity contribution is 0.0950. The molecule has 0 spiro atoms. The van der Waals surface area contributed by atoms with Crippen LogP contribution in [0.2, 0.25) is 5.02 Å². The summed E-state index contributed by atoms with van der Waals surface area (Å²) in [5.41, 5.74) is 1.68. The van der Waals surface area contributed by atoms with Gasteiger partial charge in [0.15, 0.2) is 10.9 Å². The summed E-state index contributed by atoms with van der Waals surface area (Å²) >= 11 is 11.0. The molecule has 1 aromatic heterocycles. The molecule has 19 heavy (non-hydrogen) atoms. The van der Waals surface area contributed by atoms with Crippen molar-refractivity contribution in [2.24, 2.45) is 0 Å². The zero-order valence-electron chi connectivity index (χ0n) is 10.1. The maximum Gasteiger partial charge on any atom is 0.293 e. The van der Waals surface area contributed by atoms with Gasteiger partial charge in [-0.2, -0.15) is 0 Å². The maximum atomic E-state index is 11.7. The number of rotatable bonds is 2. The zero-order valence-corrected chi connectivity index (χ0v) is 11.6. The van der Waals surface area contributed by atoms with Crippen LogP contribution in [0.25, 0.3) is 0 Å². The van der Waals surface area contributed by atoms with Gasteiger partial charge in [0, 0.05) is 10.7 Å². The summed E-state index contributed by atoms with van der Waals surface area (Å²) in [4.78, 5) is 11.7. The third-order valence-electron chi connectivity index (χ3n) is 2.40. The summed E-state index contributed by atoms with van der Waals surface area (Å²) < 4.78 is 4.96. The molecule has 0 radical (unpaired) electrons. The molecule has 1 aromatic carbocycles. The van der Waals surface area contributed by atoms with E-state index in [1.807, 2.05) is 19.1 Å². The Bertz CT molecular complexity index is 611. The third kappa shape index (κ3) is 3.56. The Morgan fingerprint density at radius 2 is 2.16 bits per heavy atom. The number of carbonyl (C=O) groups excluding carboxylic acids is 1. The van der Waals surface area contributed by atoms with Crippen molar-refractivity contribution in [1.29, 1.82) is 0 Å². The van der Waals surface area contributed by atoms with Gasteiger partial charge in [-0.1, -0.05) is 17.7 Å². The second-order valence-electron chi connectivity index (χ2n) is 3.85. The van der Waals surface area contributed by atoms with E-state index >= 15 is 0 Å². The summed E-state index contributed by atoms with van der Waals surface area (Å²) in [6.07, 6.45) is 1.42. The van der Waals surface area contributed by atoms with Crippen molar-refractivity contribution in [2.45, 2.75) is 6.92 Å². The van der Waals surface area contributed by atoms with E-state index in [9.17, 15) is 4.79 Å². The van der Waals surface area contributed by atoms with Crippen LogP contribution in [0.3, 0.4) is 0 Å². The quantitative estimate of drug-likeness (QED) is 0.834. The van der Waals surface area contributed by atoms with E-state index in [-0.39, 0.29) is 10.9 Å². The highest BCUT2D eigenvalue weighted by molar-refractivity contribution is 7.80. The van der Waals surface area contributed by atoms with Crippen LogP contribution < -0.4 is 10.6 Å². The minimum atomic E-state index is -0.402. The summed E-state index contributed by atoms with van der Waals surface area (Å²) in [5.74, 6) is -0.202. The molecule has 0 aliphatic rings. The van der Waals surface area contributed by atoms with Gasteiger partial charge in [0.2, 0.25) is 0 Å². The van der Waals surface area contributed by atoms with E-state index in [0.29, 0.717) is 10.7 Å². The molecule has 4 nitrogen and oxygen atoms in total. The van der Waals surface area contributed by atoms with Gasteiger partial charge in [-0.15, -0.1) is 0 Å². The first-order chi connectivity index (χ1) is 9.06. The molecule has 2 aromatic rings. The standard InChI is InChI=1S/C13H11ClN2O2S/c1-8-4-5-9(7-10(8)14)15-13(19)16-12(17)11-3-2-6-18-11/h2-7H,1H3,(H2,15,16,17,19). The number of anilines is 1. The van der Waals surface area contributed by atoms with E-state index < -0.39 is 5.91 Å². The van der Waals surface area contributed by atoms with Crippen LogP contribution >= 0.6 is 23.8 Å². The van der Waals surface area contributed by atoms with Crippen molar-refractivity contribution >= 4 is 40.5 Å². The fraction of sp³-hybridized carbons (Fsp3) is 0.0769. The molecule has 2 rings (SSSR count). The van der Waals surface area contributed by atoms with Crippen LogP contribution in [0.4, 0.5) is 5.69 Å². The normalized spacial score (nSPS) is 10.0. The first-order valence-electron chi connectivity index (χ1n) is 5.48. The number of amides is 1. The van der Waals surface area contributed by atoms with Crippen LogP contribution in [-0.4, -0.2) is 11.0 Å². The first kappa shape index (κ1) is 13.6. The molecule has 0 atom stereocenters. The van der Waals surface area contributed by atoms with E-state index in [2.05, 4.69) is 10.6 Å². The number of nitrogens with one attached hydrogen (secondary N) is 2. The number of hydrogen-bond acceptors (Lipinski definition) is 3. The van der Waals surface area contributed by atoms with Gasteiger partial charge >= 0.3 is 0 Å². The molecule has 0 aliphatic carbocycles. The summed E-state index contributed by atoms with van der Waals surface area (Å²) in [5, 5.41) is 6.20. The van der Waals surface area contributed by atoms with Crippen LogP contribution in [0, 0.1) is 6.92 Å². The van der Waals surface area contributed by atoms with Gasteiger partial charge in [-0.25, -0.2) is 0 Å². The van der Waals surface area contributed by atoms with E-state index in [0.717, 1.165) is 5.56 Å². The monoisotopic (exact) mass is 294 g/mol. The maximum absolute atomic E-state index is 11.7. The highest BCUT2D eigenvalue weighted by Gasteiger charge is 2.10. The molecular formula is C13H11ClN2O2S. The molecular weight excluding hydrogens is 284 g/mol. The van der Waals surface area contributed by atoms with Gasteiger partial charge in [0.1, 0.15) is 0 Å². The first-order valence-corrected chi connectivity index (χ1v) is 6.27. The van der Waals surface area contributed by atoms with E-state index in [1.54, 1.807) is 18.2 Å². The third-order valence-corrected chi connectivity index (χ3v) is 3.01. The number of furan rings is 1. The Hall–Kier alpha value is -1.85. The van der Waals surface area contributed by atoms with Crippen LogP contribution in [0.15, 0.2) is 41.0 Å². The van der Waals surface area contributed by atoms with Crippen molar-refractivity contribution in [3.05, 3.63) is 52.9 Å². The van der Waals surface area contributed by atoms with Gasteiger partial charge in [-0.3, -0.25) is 10.1 Å². The zero-order chi connectivity index (χ0) is 13.8. The van der Waals surface area contributed by atoms with Crippen molar-refractivity contribution in [2.75, 3.05) is 5.32 Å². The summed E-state index contributed by atoms with van der Waals surface area (Å²) in [7, 11) is 0. The fourth-order valence-corrected chi connectivity index (χ4v) is 1.80. The predicted molar refractivity (Wildman–Crippen MR) is 78.6 cm³/mol. The second-order valence-corrected chi connectivity index (χ2v) is 4.66. The highest BCUT2D eigenvalue weighted by atomic mass is 35.5. The average molecular weight is 295 g/mol. The second kappa shape index (κ2) is 5.86. The van der Waals surface area contributed by atoms with Crippen molar-refractivity contribution in [1.82, 2.24) is 5.32 Å². The molecule has 0 saturated heterocycles. The van der Waals surface area contributed by atoms with E-state index in [1.165, 1.54) is 6.26 Å². The smallest absolute Gasteiger partial charge is 0.293 e. The van der Waals surface area contributed by atoms with Gasteiger partial charge in [-0.05, 0) is 49.0 Å². The molecule has 0 bridgehead atoms. The molecule has 0 saturated carbocycles. The predicted octanol–water partition coefficient (Wildman–Crippen LogP) is 3.37. The Kier molecular flexibility index (Phi) is 4.19. The number of benzene rings is 1. The molecule has 0 unspecified atom stereocenters. The Labute approximate surface area is 120 Å². The lowest BCUT2D eigenvalue weighted by Crippen LogP contribution is -2.33. The SMILES string of the molecule is Cc1ccc(NC(=S)NC(=O)c2ccco2)cc1Cl.